The zero-order chi connectivity index (χ0) is 19.3. The number of fused-ring (bicyclic) bond motifs is 1. The first kappa shape index (κ1) is 17.5. The van der Waals surface area contributed by atoms with Crippen molar-refractivity contribution in [2.75, 3.05) is 12.4 Å². The van der Waals surface area contributed by atoms with Crippen molar-refractivity contribution in [3.63, 3.8) is 0 Å². The minimum absolute atomic E-state index is 0.183. The van der Waals surface area contributed by atoms with Crippen molar-refractivity contribution < 1.29 is 9.63 Å². The number of aromatic nitrogens is 2. The second-order valence-corrected chi connectivity index (χ2v) is 6.18. The largest absolute Gasteiger partial charge is 0.399 e. The van der Waals surface area contributed by atoms with Crippen molar-refractivity contribution in [3.05, 3.63) is 83.9 Å². The van der Waals surface area contributed by atoms with E-state index in [0.29, 0.717) is 11.3 Å². The van der Waals surface area contributed by atoms with Crippen molar-refractivity contribution in [3.8, 4) is 11.4 Å². The summed E-state index contributed by atoms with van der Waals surface area (Å²) in [7, 11) is 1.48. The van der Waals surface area contributed by atoms with Crippen molar-refractivity contribution in [2.24, 2.45) is 5.16 Å². The molecule has 0 fully saturated rings. The fourth-order valence-electron chi connectivity index (χ4n) is 2.87. The molecule has 3 aromatic carbocycles. The Labute approximate surface area is 161 Å². The molecule has 0 radical (unpaired) electrons. The van der Waals surface area contributed by atoms with Gasteiger partial charge in [-0.25, -0.2) is 4.98 Å². The van der Waals surface area contributed by atoms with Gasteiger partial charge >= 0.3 is 0 Å². The summed E-state index contributed by atoms with van der Waals surface area (Å²) in [6, 6.07) is 22.6. The molecule has 6 nitrogen and oxygen atoms in total. The Morgan fingerprint density at radius 2 is 1.89 bits per heavy atom. The highest BCUT2D eigenvalue weighted by Gasteiger charge is 2.09. The number of carbonyl (C=O) groups is 1. The lowest BCUT2D eigenvalue weighted by Gasteiger charge is -2.07. The third-order valence-electron chi connectivity index (χ3n) is 4.26. The number of oxime groups is 1. The van der Waals surface area contributed by atoms with Crippen LogP contribution in [-0.4, -0.2) is 29.2 Å². The summed E-state index contributed by atoms with van der Waals surface area (Å²) in [5.74, 6) is 0.580. The predicted octanol–water partition coefficient (Wildman–Crippen LogP) is 4.46. The standard InChI is InChI=1S/C22H18N4O2/c1-28-23-14-15-9-11-16(12-10-15)22(27)24-18-6-4-5-17(13-18)21-25-19-7-2-3-8-20(19)26-21/h2-14H,1H3,(H,24,27)(H,25,26)/b23-14+. The number of rotatable bonds is 5. The van der Waals surface area contributed by atoms with Crippen LogP contribution < -0.4 is 5.32 Å². The molecule has 0 bridgehead atoms. The van der Waals surface area contributed by atoms with Crippen LogP contribution in [0.5, 0.6) is 0 Å². The summed E-state index contributed by atoms with van der Waals surface area (Å²) in [6.07, 6.45) is 1.58. The Kier molecular flexibility index (Phi) is 4.84. The highest BCUT2D eigenvalue weighted by molar-refractivity contribution is 6.04. The van der Waals surface area contributed by atoms with Crippen LogP contribution in [0.3, 0.4) is 0 Å². The lowest BCUT2D eigenvalue weighted by molar-refractivity contribution is 0.102. The SMILES string of the molecule is CO/N=C/c1ccc(C(=O)Nc2cccc(-c3nc4ccccc4[nH]3)c2)cc1. The Bertz CT molecular complexity index is 1110. The quantitative estimate of drug-likeness (QED) is 0.402. The molecule has 0 atom stereocenters. The minimum atomic E-state index is -0.183. The van der Waals surface area contributed by atoms with Crippen LogP contribution in [0.15, 0.2) is 78.0 Å². The molecule has 6 heteroatoms. The zero-order valence-corrected chi connectivity index (χ0v) is 15.2. The van der Waals surface area contributed by atoms with Crippen molar-refractivity contribution >= 4 is 28.8 Å². The normalized spacial score (nSPS) is 11.0. The zero-order valence-electron chi connectivity index (χ0n) is 15.2. The summed E-state index contributed by atoms with van der Waals surface area (Å²) in [5.41, 5.74) is 4.90. The third-order valence-corrected chi connectivity index (χ3v) is 4.26. The fourth-order valence-corrected chi connectivity index (χ4v) is 2.87. The highest BCUT2D eigenvalue weighted by Crippen LogP contribution is 2.23. The lowest BCUT2D eigenvalue weighted by atomic mass is 10.1. The molecule has 0 spiro atoms. The van der Waals surface area contributed by atoms with E-state index in [4.69, 9.17) is 0 Å². The maximum atomic E-state index is 12.5. The number of amides is 1. The van der Waals surface area contributed by atoms with Gasteiger partial charge in [0, 0.05) is 16.8 Å². The molecule has 4 rings (SSSR count). The molecule has 28 heavy (non-hydrogen) atoms. The predicted molar refractivity (Wildman–Crippen MR) is 111 cm³/mol. The molecule has 0 aliphatic heterocycles. The number of para-hydroxylation sites is 2. The topological polar surface area (TPSA) is 79.4 Å². The number of benzene rings is 3. The second kappa shape index (κ2) is 7.75. The van der Waals surface area contributed by atoms with Gasteiger partial charge in [0.05, 0.1) is 17.2 Å². The van der Waals surface area contributed by atoms with E-state index in [1.165, 1.54) is 7.11 Å². The number of aromatic amines is 1. The van der Waals surface area contributed by atoms with Crippen molar-refractivity contribution in [1.82, 2.24) is 9.97 Å². The van der Waals surface area contributed by atoms with E-state index in [1.807, 2.05) is 60.7 Å². The molecule has 0 aliphatic carbocycles. The van der Waals surface area contributed by atoms with E-state index in [0.717, 1.165) is 28.0 Å². The van der Waals surface area contributed by atoms with Gasteiger partial charge in [0.2, 0.25) is 0 Å². The smallest absolute Gasteiger partial charge is 0.255 e. The number of hydrogen-bond donors (Lipinski definition) is 2. The number of nitrogens with zero attached hydrogens (tertiary/aromatic N) is 2. The maximum Gasteiger partial charge on any atom is 0.255 e. The van der Waals surface area contributed by atoms with E-state index in [1.54, 1.807) is 18.3 Å². The maximum absolute atomic E-state index is 12.5. The van der Waals surface area contributed by atoms with Crippen LogP contribution in [0.2, 0.25) is 0 Å². The van der Waals surface area contributed by atoms with Crippen LogP contribution >= 0.6 is 0 Å². The average Bonchev–Trinajstić information content (AvgIpc) is 3.17. The van der Waals surface area contributed by atoms with E-state index >= 15 is 0 Å². The van der Waals surface area contributed by atoms with E-state index < -0.39 is 0 Å². The number of hydrogen-bond acceptors (Lipinski definition) is 4. The summed E-state index contributed by atoms with van der Waals surface area (Å²) in [5, 5.41) is 6.63. The van der Waals surface area contributed by atoms with Crippen LogP contribution in [0, 0.1) is 0 Å². The number of nitrogens with one attached hydrogen (secondary N) is 2. The lowest BCUT2D eigenvalue weighted by Crippen LogP contribution is -2.11. The summed E-state index contributed by atoms with van der Waals surface area (Å²) < 4.78 is 0. The molecule has 0 aliphatic rings. The molecular weight excluding hydrogens is 352 g/mol. The molecule has 2 N–H and O–H groups in total. The molecule has 1 amide bonds. The van der Waals surface area contributed by atoms with Gasteiger partial charge in [-0.2, -0.15) is 0 Å². The van der Waals surface area contributed by atoms with Crippen molar-refractivity contribution in [2.45, 2.75) is 0 Å². The molecule has 0 saturated heterocycles. The first-order valence-electron chi connectivity index (χ1n) is 8.76. The van der Waals surface area contributed by atoms with Crippen LogP contribution in [0.1, 0.15) is 15.9 Å². The molecular formula is C22H18N4O2. The van der Waals surface area contributed by atoms with Gasteiger partial charge in [0.15, 0.2) is 0 Å². The summed E-state index contributed by atoms with van der Waals surface area (Å²) in [4.78, 5) is 25.1. The van der Waals surface area contributed by atoms with Crippen molar-refractivity contribution in [1.29, 1.82) is 0 Å². The van der Waals surface area contributed by atoms with Gasteiger partial charge < -0.3 is 15.1 Å². The van der Waals surface area contributed by atoms with Gasteiger partial charge in [-0.15, -0.1) is 0 Å². The average molecular weight is 370 g/mol. The van der Waals surface area contributed by atoms with Crippen LogP contribution in [0.25, 0.3) is 22.4 Å². The monoisotopic (exact) mass is 370 g/mol. The molecule has 1 heterocycles. The van der Waals surface area contributed by atoms with Crippen LogP contribution in [-0.2, 0) is 4.84 Å². The second-order valence-electron chi connectivity index (χ2n) is 6.18. The van der Waals surface area contributed by atoms with Gasteiger partial charge in [-0.3, -0.25) is 4.79 Å². The molecule has 0 saturated carbocycles. The molecule has 0 unspecified atom stereocenters. The highest BCUT2D eigenvalue weighted by atomic mass is 16.6. The minimum Gasteiger partial charge on any atom is -0.399 e. The van der Waals surface area contributed by atoms with E-state index in [9.17, 15) is 4.79 Å². The number of carbonyl (C=O) groups excluding carboxylic acids is 1. The number of anilines is 1. The molecule has 138 valence electrons. The van der Waals surface area contributed by atoms with Gasteiger partial charge in [0.25, 0.3) is 5.91 Å². The number of imidazole rings is 1. The van der Waals surface area contributed by atoms with E-state index in [-0.39, 0.29) is 5.91 Å². The van der Waals surface area contributed by atoms with Gasteiger partial charge in [-0.05, 0) is 42.0 Å². The summed E-state index contributed by atoms with van der Waals surface area (Å²) in [6.45, 7) is 0. The fraction of sp³-hybridized carbons (Fsp3) is 0.0455. The molecule has 1 aromatic heterocycles. The first-order chi connectivity index (χ1) is 13.7. The van der Waals surface area contributed by atoms with Gasteiger partial charge in [0.1, 0.15) is 12.9 Å². The Balaban J connectivity index is 1.53. The van der Waals surface area contributed by atoms with Crippen LogP contribution in [0.4, 0.5) is 5.69 Å². The first-order valence-corrected chi connectivity index (χ1v) is 8.76. The number of H-pyrrole nitrogens is 1. The summed E-state index contributed by atoms with van der Waals surface area (Å²) >= 11 is 0. The Morgan fingerprint density at radius 1 is 1.07 bits per heavy atom. The van der Waals surface area contributed by atoms with Gasteiger partial charge in [-0.1, -0.05) is 41.6 Å². The molecule has 4 aromatic rings. The van der Waals surface area contributed by atoms with E-state index in [2.05, 4.69) is 25.3 Å². The Morgan fingerprint density at radius 3 is 2.68 bits per heavy atom. The Hall–Kier alpha value is -3.93. The third kappa shape index (κ3) is 3.76.